The van der Waals surface area contributed by atoms with Gasteiger partial charge in [0.15, 0.2) is 5.96 Å². The molecule has 1 saturated carbocycles. The summed E-state index contributed by atoms with van der Waals surface area (Å²) in [5, 5.41) is 7.35. The summed E-state index contributed by atoms with van der Waals surface area (Å²) in [5.74, 6) is 1.67. The molecule has 0 saturated heterocycles. The van der Waals surface area contributed by atoms with Gasteiger partial charge in [-0.05, 0) is 36.5 Å². The molecule has 1 fully saturated rings. The SMILES string of the molecule is CN=C(NCc1ccc(Br)cc1Cl)NCC1CC1.I. The first kappa shape index (κ1) is 17.0. The molecule has 0 spiro atoms. The zero-order chi connectivity index (χ0) is 13.0. The van der Waals surface area contributed by atoms with Crippen molar-refractivity contribution in [2.45, 2.75) is 19.4 Å². The van der Waals surface area contributed by atoms with Crippen LogP contribution in [-0.4, -0.2) is 19.6 Å². The van der Waals surface area contributed by atoms with Gasteiger partial charge in [-0.1, -0.05) is 33.6 Å². The summed E-state index contributed by atoms with van der Waals surface area (Å²) in [7, 11) is 1.78. The van der Waals surface area contributed by atoms with Crippen LogP contribution in [0, 0.1) is 5.92 Å². The zero-order valence-corrected chi connectivity index (χ0v) is 15.4. The van der Waals surface area contributed by atoms with Gasteiger partial charge in [0.25, 0.3) is 0 Å². The molecule has 19 heavy (non-hydrogen) atoms. The number of nitrogens with zero attached hydrogens (tertiary/aromatic N) is 1. The maximum absolute atomic E-state index is 6.16. The highest BCUT2D eigenvalue weighted by Gasteiger charge is 2.20. The summed E-state index contributed by atoms with van der Waals surface area (Å²) in [6.45, 7) is 1.68. The van der Waals surface area contributed by atoms with Crippen LogP contribution in [0.3, 0.4) is 0 Å². The molecule has 3 nitrogen and oxygen atoms in total. The minimum Gasteiger partial charge on any atom is -0.356 e. The molecule has 106 valence electrons. The Morgan fingerprint density at radius 2 is 2.16 bits per heavy atom. The van der Waals surface area contributed by atoms with Gasteiger partial charge in [-0.15, -0.1) is 24.0 Å². The van der Waals surface area contributed by atoms with Crippen molar-refractivity contribution in [1.82, 2.24) is 10.6 Å². The Kier molecular flexibility index (Phi) is 7.46. The summed E-state index contributed by atoms with van der Waals surface area (Å²) in [6, 6.07) is 5.90. The highest BCUT2D eigenvalue weighted by atomic mass is 127. The number of benzene rings is 1. The van der Waals surface area contributed by atoms with E-state index in [4.69, 9.17) is 11.6 Å². The second-order valence-corrected chi connectivity index (χ2v) is 5.81. The fourth-order valence-electron chi connectivity index (χ4n) is 1.63. The van der Waals surface area contributed by atoms with Crippen LogP contribution in [0.15, 0.2) is 27.7 Å². The third-order valence-electron chi connectivity index (χ3n) is 2.94. The van der Waals surface area contributed by atoms with E-state index in [1.54, 1.807) is 7.05 Å². The first-order valence-electron chi connectivity index (χ1n) is 6.07. The predicted octanol–water partition coefficient (Wildman–Crippen LogP) is 3.80. The average Bonchev–Trinajstić information content (AvgIpc) is 3.15. The molecular weight excluding hydrogens is 440 g/mol. The molecule has 1 aliphatic carbocycles. The van der Waals surface area contributed by atoms with Crippen molar-refractivity contribution in [3.63, 3.8) is 0 Å². The molecule has 0 unspecified atom stereocenters. The molecule has 0 amide bonds. The smallest absolute Gasteiger partial charge is 0.191 e. The van der Waals surface area contributed by atoms with Crippen molar-refractivity contribution in [3.05, 3.63) is 33.3 Å². The standard InChI is InChI=1S/C13H17BrClN3.HI/c1-16-13(17-7-9-2-3-9)18-8-10-4-5-11(14)6-12(10)15;/h4-6,9H,2-3,7-8H2,1H3,(H2,16,17,18);1H. The number of rotatable bonds is 4. The lowest BCUT2D eigenvalue weighted by Gasteiger charge is -2.12. The Bertz CT molecular complexity index is 450. The van der Waals surface area contributed by atoms with E-state index >= 15 is 0 Å². The topological polar surface area (TPSA) is 36.4 Å². The molecule has 0 heterocycles. The summed E-state index contributed by atoms with van der Waals surface area (Å²) >= 11 is 9.56. The molecule has 6 heteroatoms. The average molecular weight is 459 g/mol. The zero-order valence-electron chi connectivity index (χ0n) is 10.7. The van der Waals surface area contributed by atoms with Crippen LogP contribution in [0.1, 0.15) is 18.4 Å². The monoisotopic (exact) mass is 457 g/mol. The fourth-order valence-corrected chi connectivity index (χ4v) is 2.37. The summed E-state index contributed by atoms with van der Waals surface area (Å²) in [4.78, 5) is 4.19. The highest BCUT2D eigenvalue weighted by Crippen LogP contribution is 2.27. The first-order valence-corrected chi connectivity index (χ1v) is 7.24. The molecule has 1 aromatic rings. The van der Waals surface area contributed by atoms with E-state index in [9.17, 15) is 0 Å². The van der Waals surface area contributed by atoms with Gasteiger partial charge in [0.1, 0.15) is 0 Å². The van der Waals surface area contributed by atoms with E-state index in [-0.39, 0.29) is 24.0 Å². The van der Waals surface area contributed by atoms with Crippen LogP contribution >= 0.6 is 51.5 Å². The number of aliphatic imine (C=N–C) groups is 1. The predicted molar refractivity (Wildman–Crippen MR) is 95.5 cm³/mol. The maximum atomic E-state index is 6.16. The van der Waals surface area contributed by atoms with E-state index in [1.807, 2.05) is 18.2 Å². The lowest BCUT2D eigenvalue weighted by atomic mass is 10.2. The van der Waals surface area contributed by atoms with Crippen LogP contribution in [0.25, 0.3) is 0 Å². The summed E-state index contributed by atoms with van der Waals surface area (Å²) in [5.41, 5.74) is 1.06. The number of hydrogen-bond acceptors (Lipinski definition) is 1. The highest BCUT2D eigenvalue weighted by molar-refractivity contribution is 14.0. The van der Waals surface area contributed by atoms with Crippen LogP contribution in [0.4, 0.5) is 0 Å². The minimum absolute atomic E-state index is 0. The Hall–Kier alpha value is -0.0100. The number of hydrogen-bond donors (Lipinski definition) is 2. The maximum Gasteiger partial charge on any atom is 0.191 e. The molecule has 2 rings (SSSR count). The van der Waals surface area contributed by atoms with E-state index in [2.05, 4.69) is 31.6 Å². The van der Waals surface area contributed by atoms with Gasteiger partial charge >= 0.3 is 0 Å². The lowest BCUT2D eigenvalue weighted by molar-refractivity contribution is 0.737. The van der Waals surface area contributed by atoms with E-state index < -0.39 is 0 Å². The van der Waals surface area contributed by atoms with Gasteiger partial charge in [0, 0.05) is 29.6 Å². The third-order valence-corrected chi connectivity index (χ3v) is 3.79. The number of guanidine groups is 1. The second kappa shape index (κ2) is 8.32. The van der Waals surface area contributed by atoms with Crippen molar-refractivity contribution < 1.29 is 0 Å². The third kappa shape index (κ3) is 5.87. The van der Waals surface area contributed by atoms with Gasteiger partial charge in [-0.3, -0.25) is 4.99 Å². The van der Waals surface area contributed by atoms with E-state index in [0.29, 0.717) is 6.54 Å². The largest absolute Gasteiger partial charge is 0.356 e. The summed E-state index contributed by atoms with van der Waals surface area (Å²) in [6.07, 6.45) is 2.67. The summed E-state index contributed by atoms with van der Waals surface area (Å²) < 4.78 is 0.993. The van der Waals surface area contributed by atoms with Crippen LogP contribution in [0.2, 0.25) is 5.02 Å². The van der Waals surface area contributed by atoms with Crippen molar-refractivity contribution in [2.75, 3.05) is 13.6 Å². The van der Waals surface area contributed by atoms with Crippen molar-refractivity contribution in [1.29, 1.82) is 0 Å². The molecule has 1 aliphatic rings. The molecule has 0 aliphatic heterocycles. The molecule has 2 N–H and O–H groups in total. The Balaban J connectivity index is 0.00000180. The molecule has 0 atom stereocenters. The second-order valence-electron chi connectivity index (χ2n) is 4.49. The van der Waals surface area contributed by atoms with Gasteiger partial charge in [0.2, 0.25) is 0 Å². The van der Waals surface area contributed by atoms with Gasteiger partial charge in [-0.25, -0.2) is 0 Å². The number of nitrogens with one attached hydrogen (secondary N) is 2. The van der Waals surface area contributed by atoms with Crippen molar-refractivity contribution >= 4 is 57.5 Å². The Morgan fingerprint density at radius 3 is 2.74 bits per heavy atom. The molecule has 1 aromatic carbocycles. The first-order chi connectivity index (χ1) is 8.69. The van der Waals surface area contributed by atoms with Gasteiger partial charge in [0.05, 0.1) is 0 Å². The molecule has 0 bridgehead atoms. The van der Waals surface area contributed by atoms with Crippen molar-refractivity contribution in [2.24, 2.45) is 10.9 Å². The van der Waals surface area contributed by atoms with Gasteiger partial charge in [-0.2, -0.15) is 0 Å². The van der Waals surface area contributed by atoms with Crippen LogP contribution in [-0.2, 0) is 6.54 Å². The Morgan fingerprint density at radius 1 is 1.42 bits per heavy atom. The normalized spacial score (nSPS) is 14.8. The molecule has 0 aromatic heterocycles. The molecule has 0 radical (unpaired) electrons. The quantitative estimate of drug-likeness (QED) is 0.409. The van der Waals surface area contributed by atoms with Crippen LogP contribution < -0.4 is 10.6 Å². The minimum atomic E-state index is 0. The van der Waals surface area contributed by atoms with Crippen molar-refractivity contribution in [3.8, 4) is 0 Å². The number of halogens is 3. The molecular formula is C13H18BrClIN3. The van der Waals surface area contributed by atoms with Gasteiger partial charge < -0.3 is 10.6 Å². The Labute approximate surface area is 144 Å². The fraction of sp³-hybridized carbons (Fsp3) is 0.462. The van der Waals surface area contributed by atoms with E-state index in [0.717, 1.165) is 33.5 Å². The van der Waals surface area contributed by atoms with Crippen LogP contribution in [0.5, 0.6) is 0 Å². The lowest BCUT2D eigenvalue weighted by Crippen LogP contribution is -2.37. The van der Waals surface area contributed by atoms with E-state index in [1.165, 1.54) is 12.8 Å².